The van der Waals surface area contributed by atoms with Crippen molar-refractivity contribution in [1.29, 1.82) is 0 Å². The molecule has 0 bridgehead atoms. The van der Waals surface area contributed by atoms with Crippen molar-refractivity contribution in [2.45, 2.75) is 38.5 Å². The highest BCUT2D eigenvalue weighted by atomic mass is 16.1. The van der Waals surface area contributed by atoms with Gasteiger partial charge in [0.25, 0.3) is 0 Å². The van der Waals surface area contributed by atoms with Crippen molar-refractivity contribution in [3.63, 3.8) is 0 Å². The van der Waals surface area contributed by atoms with E-state index >= 15 is 0 Å². The van der Waals surface area contributed by atoms with E-state index in [1.807, 2.05) is 0 Å². The Kier molecular flexibility index (Phi) is 2.55. The number of hydrogen-bond acceptors (Lipinski definition) is 2. The highest BCUT2D eigenvalue weighted by Crippen LogP contribution is 2.37. The predicted molar refractivity (Wildman–Crippen MR) is 59.6 cm³/mol. The molecule has 0 N–H and O–H groups in total. The summed E-state index contributed by atoms with van der Waals surface area (Å²) in [6, 6.07) is 0. The third kappa shape index (κ3) is 2.25. The van der Waals surface area contributed by atoms with Gasteiger partial charge in [-0.1, -0.05) is 0 Å². The first-order valence-corrected chi connectivity index (χ1v) is 6.55. The average Bonchev–Trinajstić information content (AvgIpc) is 3.02. The summed E-state index contributed by atoms with van der Waals surface area (Å²) in [6.45, 7) is 3.89. The number of hydrogen-bond donors (Lipinski definition) is 0. The number of rotatable bonds is 2. The van der Waals surface area contributed by atoms with E-state index in [0.717, 1.165) is 30.6 Å². The van der Waals surface area contributed by atoms with E-state index in [2.05, 4.69) is 4.90 Å². The molecule has 3 fully saturated rings. The second-order valence-corrected chi connectivity index (χ2v) is 5.79. The van der Waals surface area contributed by atoms with Gasteiger partial charge < -0.3 is 4.90 Å². The molecule has 2 nitrogen and oxygen atoms in total. The molecule has 2 aliphatic carbocycles. The number of ketones is 1. The number of nitrogens with zero attached hydrogens (tertiary/aromatic N) is 1. The van der Waals surface area contributed by atoms with Crippen LogP contribution < -0.4 is 0 Å². The fourth-order valence-electron chi connectivity index (χ4n) is 3.32. The number of piperidine rings is 1. The van der Waals surface area contributed by atoms with E-state index in [0.29, 0.717) is 5.78 Å². The SMILES string of the molecule is O=C1CCC2CN(CC3CC3)CCC2C1. The van der Waals surface area contributed by atoms with E-state index < -0.39 is 0 Å². The van der Waals surface area contributed by atoms with Crippen LogP contribution >= 0.6 is 0 Å². The minimum Gasteiger partial charge on any atom is -0.303 e. The predicted octanol–water partition coefficient (Wildman–Crippen LogP) is 2.09. The summed E-state index contributed by atoms with van der Waals surface area (Å²) in [6.07, 6.45) is 7.13. The molecular weight excluding hydrogens is 186 g/mol. The molecule has 2 unspecified atom stereocenters. The van der Waals surface area contributed by atoms with Crippen LogP contribution in [0.2, 0.25) is 0 Å². The minimum atomic E-state index is 0.520. The molecule has 2 atom stereocenters. The maximum absolute atomic E-state index is 11.4. The summed E-state index contributed by atoms with van der Waals surface area (Å²) in [5.41, 5.74) is 0. The summed E-state index contributed by atoms with van der Waals surface area (Å²) in [7, 11) is 0. The first kappa shape index (κ1) is 9.83. The van der Waals surface area contributed by atoms with Crippen LogP contribution in [0.3, 0.4) is 0 Å². The Labute approximate surface area is 92.0 Å². The summed E-state index contributed by atoms with van der Waals surface area (Å²) in [4.78, 5) is 14.0. The Hall–Kier alpha value is -0.370. The molecule has 0 amide bonds. The molecule has 2 saturated carbocycles. The Balaban J connectivity index is 1.55. The van der Waals surface area contributed by atoms with Gasteiger partial charge in [-0.3, -0.25) is 4.79 Å². The van der Waals surface area contributed by atoms with Crippen molar-refractivity contribution in [1.82, 2.24) is 4.90 Å². The van der Waals surface area contributed by atoms with Gasteiger partial charge in [-0.25, -0.2) is 0 Å². The number of fused-ring (bicyclic) bond motifs is 1. The van der Waals surface area contributed by atoms with Gasteiger partial charge in [-0.15, -0.1) is 0 Å². The van der Waals surface area contributed by atoms with Crippen LogP contribution in [0.4, 0.5) is 0 Å². The van der Waals surface area contributed by atoms with Crippen LogP contribution in [0.1, 0.15) is 38.5 Å². The molecule has 0 aromatic carbocycles. The molecule has 3 aliphatic rings. The molecule has 0 radical (unpaired) electrons. The molecule has 15 heavy (non-hydrogen) atoms. The van der Waals surface area contributed by atoms with Gasteiger partial charge in [0.1, 0.15) is 5.78 Å². The molecule has 1 heterocycles. The lowest BCUT2D eigenvalue weighted by molar-refractivity contribution is -0.123. The van der Waals surface area contributed by atoms with E-state index in [9.17, 15) is 4.79 Å². The average molecular weight is 207 g/mol. The molecule has 2 heteroatoms. The van der Waals surface area contributed by atoms with E-state index in [1.165, 1.54) is 45.3 Å². The summed E-state index contributed by atoms with van der Waals surface area (Å²) >= 11 is 0. The quantitative estimate of drug-likeness (QED) is 0.691. The minimum absolute atomic E-state index is 0.520. The largest absolute Gasteiger partial charge is 0.303 e. The van der Waals surface area contributed by atoms with Crippen molar-refractivity contribution in [3.8, 4) is 0 Å². The van der Waals surface area contributed by atoms with Crippen LogP contribution in [0.5, 0.6) is 0 Å². The van der Waals surface area contributed by atoms with Gasteiger partial charge in [-0.2, -0.15) is 0 Å². The zero-order chi connectivity index (χ0) is 10.3. The fraction of sp³-hybridized carbons (Fsp3) is 0.923. The Bertz CT molecular complexity index is 259. The lowest BCUT2D eigenvalue weighted by Crippen LogP contribution is -2.43. The maximum Gasteiger partial charge on any atom is 0.133 e. The normalized spacial score (nSPS) is 37.7. The Morgan fingerprint density at radius 1 is 1.13 bits per heavy atom. The Morgan fingerprint density at radius 3 is 2.80 bits per heavy atom. The highest BCUT2D eigenvalue weighted by molar-refractivity contribution is 5.79. The van der Waals surface area contributed by atoms with Gasteiger partial charge in [0.2, 0.25) is 0 Å². The van der Waals surface area contributed by atoms with E-state index in [-0.39, 0.29) is 0 Å². The monoisotopic (exact) mass is 207 g/mol. The van der Waals surface area contributed by atoms with Crippen LogP contribution in [0.25, 0.3) is 0 Å². The molecular formula is C13H21NO. The topological polar surface area (TPSA) is 20.3 Å². The number of likely N-dealkylation sites (tertiary alicyclic amines) is 1. The number of carbonyl (C=O) groups excluding carboxylic acids is 1. The zero-order valence-electron chi connectivity index (χ0n) is 9.45. The van der Waals surface area contributed by atoms with Crippen LogP contribution in [0.15, 0.2) is 0 Å². The molecule has 0 aromatic rings. The number of Topliss-reactive ketones (excluding diaryl/α,β-unsaturated/α-hetero) is 1. The van der Waals surface area contributed by atoms with Crippen molar-refractivity contribution < 1.29 is 4.79 Å². The molecule has 84 valence electrons. The first-order chi connectivity index (χ1) is 7.31. The van der Waals surface area contributed by atoms with Gasteiger partial charge in [-0.05, 0) is 50.0 Å². The van der Waals surface area contributed by atoms with Gasteiger partial charge in [0.05, 0.1) is 0 Å². The standard InChI is InChI=1S/C13H21NO/c15-13-4-3-12-9-14(8-10-1-2-10)6-5-11(12)7-13/h10-12H,1-9H2. The van der Waals surface area contributed by atoms with Gasteiger partial charge in [0.15, 0.2) is 0 Å². The summed E-state index contributed by atoms with van der Waals surface area (Å²) < 4.78 is 0. The molecule has 3 rings (SSSR count). The zero-order valence-corrected chi connectivity index (χ0v) is 9.45. The third-order valence-electron chi connectivity index (χ3n) is 4.47. The van der Waals surface area contributed by atoms with Crippen molar-refractivity contribution in [2.75, 3.05) is 19.6 Å². The van der Waals surface area contributed by atoms with E-state index in [4.69, 9.17) is 0 Å². The first-order valence-electron chi connectivity index (χ1n) is 6.55. The highest BCUT2D eigenvalue weighted by Gasteiger charge is 2.35. The molecule has 1 saturated heterocycles. The lowest BCUT2D eigenvalue weighted by atomic mass is 9.74. The van der Waals surface area contributed by atoms with Crippen LogP contribution in [-0.4, -0.2) is 30.3 Å². The van der Waals surface area contributed by atoms with Gasteiger partial charge in [0, 0.05) is 25.9 Å². The fourth-order valence-corrected chi connectivity index (χ4v) is 3.32. The molecule has 0 aromatic heterocycles. The van der Waals surface area contributed by atoms with Crippen molar-refractivity contribution >= 4 is 5.78 Å². The van der Waals surface area contributed by atoms with Crippen LogP contribution in [-0.2, 0) is 4.79 Å². The Morgan fingerprint density at radius 2 is 2.00 bits per heavy atom. The second-order valence-electron chi connectivity index (χ2n) is 5.79. The van der Waals surface area contributed by atoms with Crippen molar-refractivity contribution in [3.05, 3.63) is 0 Å². The van der Waals surface area contributed by atoms with E-state index in [1.54, 1.807) is 0 Å². The molecule has 1 aliphatic heterocycles. The molecule has 0 spiro atoms. The van der Waals surface area contributed by atoms with Crippen LogP contribution in [0, 0.1) is 17.8 Å². The smallest absolute Gasteiger partial charge is 0.133 e. The third-order valence-corrected chi connectivity index (χ3v) is 4.47. The summed E-state index contributed by atoms with van der Waals surface area (Å²) in [5, 5.41) is 0. The van der Waals surface area contributed by atoms with Crippen molar-refractivity contribution in [2.24, 2.45) is 17.8 Å². The second kappa shape index (κ2) is 3.89. The lowest BCUT2D eigenvalue weighted by Gasteiger charge is -2.40. The number of carbonyl (C=O) groups is 1. The summed E-state index contributed by atoms with van der Waals surface area (Å²) in [5.74, 6) is 3.12. The van der Waals surface area contributed by atoms with Gasteiger partial charge >= 0.3 is 0 Å². The maximum atomic E-state index is 11.4.